The molecule has 2 N–H and O–H groups in total. The first-order valence-corrected chi connectivity index (χ1v) is 13.1. The normalized spacial score (nSPS) is 28.8. The summed E-state index contributed by atoms with van der Waals surface area (Å²) in [6.07, 6.45) is 4.18. The van der Waals surface area contributed by atoms with Gasteiger partial charge in [0.05, 0.1) is 11.0 Å². The number of urea groups is 1. The van der Waals surface area contributed by atoms with Gasteiger partial charge >= 0.3 is 6.03 Å². The maximum atomic E-state index is 13.5. The SMILES string of the molecule is O=C(N[C@H]1CCCN(S(=O)(=O)c2ccc(Cl)c3ccccc23)C1)N1[C@@H]2CC[C@H]1C[C@H](O)C2. The summed E-state index contributed by atoms with van der Waals surface area (Å²) in [5.74, 6) is 0. The third-order valence-corrected chi connectivity index (χ3v) is 9.36. The van der Waals surface area contributed by atoms with Crippen LogP contribution in [0, 0.1) is 0 Å². The van der Waals surface area contributed by atoms with Gasteiger partial charge in [0.2, 0.25) is 10.0 Å². The van der Waals surface area contributed by atoms with E-state index in [1.54, 1.807) is 24.3 Å². The summed E-state index contributed by atoms with van der Waals surface area (Å²) in [7, 11) is -3.74. The maximum absolute atomic E-state index is 13.5. The van der Waals surface area contributed by atoms with Crippen LogP contribution in [0.5, 0.6) is 0 Å². The van der Waals surface area contributed by atoms with Crippen LogP contribution in [-0.2, 0) is 10.0 Å². The van der Waals surface area contributed by atoms with Crippen molar-refractivity contribution in [2.24, 2.45) is 0 Å². The standard InChI is InChI=1S/C23H28ClN3O4S/c24-21-9-10-22(20-6-2-1-5-19(20)21)32(30,31)26-11-3-4-15(14-26)25-23(29)27-16-7-8-17(27)13-18(28)12-16/h1-2,5-6,9-10,15-18,28H,3-4,7-8,11-14H2,(H,25,29)/t15-,16-,17+,18-/m0/s1. The number of carbonyl (C=O) groups is 1. The summed E-state index contributed by atoms with van der Waals surface area (Å²) < 4.78 is 28.5. The summed E-state index contributed by atoms with van der Waals surface area (Å²) in [5, 5.41) is 14.9. The number of amides is 2. The Morgan fingerprint density at radius 3 is 2.44 bits per heavy atom. The van der Waals surface area contributed by atoms with Gasteiger partial charge in [-0.2, -0.15) is 4.31 Å². The van der Waals surface area contributed by atoms with E-state index in [2.05, 4.69) is 5.32 Å². The van der Waals surface area contributed by atoms with Crippen molar-refractivity contribution < 1.29 is 18.3 Å². The fraction of sp³-hybridized carbons (Fsp3) is 0.522. The second kappa shape index (κ2) is 8.48. The molecule has 3 fully saturated rings. The van der Waals surface area contributed by atoms with Crippen LogP contribution in [-0.4, -0.2) is 66.1 Å². The minimum Gasteiger partial charge on any atom is -0.393 e. The van der Waals surface area contributed by atoms with Crippen LogP contribution >= 0.6 is 11.6 Å². The molecule has 0 aromatic heterocycles. The number of aliphatic hydroxyl groups excluding tert-OH is 1. The lowest BCUT2D eigenvalue weighted by Gasteiger charge is -2.39. The Morgan fingerprint density at radius 2 is 1.72 bits per heavy atom. The third kappa shape index (κ3) is 3.87. The number of halogens is 1. The molecule has 4 atom stereocenters. The van der Waals surface area contributed by atoms with Gasteiger partial charge in [-0.3, -0.25) is 0 Å². The Morgan fingerprint density at radius 1 is 1.03 bits per heavy atom. The number of rotatable bonds is 3. The van der Waals surface area contributed by atoms with Crippen molar-refractivity contribution in [1.82, 2.24) is 14.5 Å². The Labute approximate surface area is 193 Å². The average Bonchev–Trinajstić information content (AvgIpc) is 3.05. The van der Waals surface area contributed by atoms with E-state index in [1.165, 1.54) is 4.31 Å². The van der Waals surface area contributed by atoms with Crippen molar-refractivity contribution in [3.8, 4) is 0 Å². The highest BCUT2D eigenvalue weighted by Crippen LogP contribution is 2.36. The van der Waals surface area contributed by atoms with E-state index < -0.39 is 10.0 Å². The highest BCUT2D eigenvalue weighted by atomic mass is 35.5. The number of nitrogens with one attached hydrogen (secondary N) is 1. The molecule has 32 heavy (non-hydrogen) atoms. The largest absolute Gasteiger partial charge is 0.393 e. The molecule has 0 aliphatic carbocycles. The van der Waals surface area contributed by atoms with Gasteiger partial charge in [-0.05, 0) is 50.7 Å². The Bertz CT molecular complexity index is 1130. The van der Waals surface area contributed by atoms with Crippen molar-refractivity contribution in [3.05, 3.63) is 41.4 Å². The highest BCUT2D eigenvalue weighted by Gasteiger charge is 2.43. The minimum atomic E-state index is -3.74. The number of hydrogen-bond acceptors (Lipinski definition) is 4. The average molecular weight is 478 g/mol. The zero-order valence-corrected chi connectivity index (χ0v) is 19.4. The van der Waals surface area contributed by atoms with Crippen LogP contribution in [0.25, 0.3) is 10.8 Å². The second-order valence-corrected chi connectivity index (χ2v) is 11.5. The molecule has 0 unspecified atom stereocenters. The molecule has 2 amide bonds. The zero-order valence-electron chi connectivity index (χ0n) is 17.8. The maximum Gasteiger partial charge on any atom is 0.318 e. The molecule has 3 saturated heterocycles. The van der Waals surface area contributed by atoms with Crippen LogP contribution in [0.2, 0.25) is 5.02 Å². The number of hydrogen-bond donors (Lipinski definition) is 2. The van der Waals surface area contributed by atoms with E-state index in [1.807, 2.05) is 17.0 Å². The Kier molecular flexibility index (Phi) is 5.82. The number of benzene rings is 2. The lowest BCUT2D eigenvalue weighted by Crippen LogP contribution is -2.57. The van der Waals surface area contributed by atoms with E-state index in [0.29, 0.717) is 41.6 Å². The van der Waals surface area contributed by atoms with Crippen molar-refractivity contribution in [2.45, 2.75) is 67.6 Å². The number of piperidine rings is 2. The topological polar surface area (TPSA) is 90.0 Å². The van der Waals surface area contributed by atoms with Crippen molar-refractivity contribution in [1.29, 1.82) is 0 Å². The van der Waals surface area contributed by atoms with Gasteiger partial charge in [-0.25, -0.2) is 13.2 Å². The molecule has 2 aromatic rings. The molecule has 0 saturated carbocycles. The van der Waals surface area contributed by atoms with Gasteiger partial charge in [0.15, 0.2) is 0 Å². The first-order chi connectivity index (χ1) is 15.3. The van der Waals surface area contributed by atoms with Gasteiger partial charge < -0.3 is 15.3 Å². The predicted octanol–water partition coefficient (Wildman–Crippen LogP) is 3.34. The molecule has 3 aliphatic rings. The molecule has 5 rings (SSSR count). The summed E-state index contributed by atoms with van der Waals surface area (Å²) in [4.78, 5) is 15.1. The lowest BCUT2D eigenvalue weighted by molar-refractivity contribution is 0.0528. The van der Waals surface area contributed by atoms with Gasteiger partial charge in [0, 0.05) is 47.0 Å². The molecule has 3 aliphatic heterocycles. The molecular weight excluding hydrogens is 450 g/mol. The number of carbonyl (C=O) groups excluding carboxylic acids is 1. The molecule has 7 nitrogen and oxygen atoms in total. The lowest BCUT2D eigenvalue weighted by atomic mass is 10.0. The first kappa shape index (κ1) is 21.9. The Balaban J connectivity index is 1.33. The number of fused-ring (bicyclic) bond motifs is 3. The molecule has 0 radical (unpaired) electrons. The van der Waals surface area contributed by atoms with E-state index in [0.717, 1.165) is 19.3 Å². The van der Waals surface area contributed by atoms with E-state index in [4.69, 9.17) is 11.6 Å². The minimum absolute atomic E-state index is 0.0765. The van der Waals surface area contributed by atoms with Gasteiger partial charge in [-0.1, -0.05) is 35.9 Å². The molecule has 2 aromatic carbocycles. The summed E-state index contributed by atoms with van der Waals surface area (Å²) in [5.41, 5.74) is 0. The van der Waals surface area contributed by atoms with Gasteiger partial charge in [0.25, 0.3) is 0 Å². The van der Waals surface area contributed by atoms with Crippen molar-refractivity contribution in [3.63, 3.8) is 0 Å². The molecule has 2 bridgehead atoms. The van der Waals surface area contributed by atoms with Crippen molar-refractivity contribution >= 4 is 38.4 Å². The number of aliphatic hydroxyl groups is 1. The summed E-state index contributed by atoms with van der Waals surface area (Å²) >= 11 is 6.28. The van der Waals surface area contributed by atoms with Crippen LogP contribution in [0.15, 0.2) is 41.3 Å². The molecule has 172 valence electrons. The zero-order chi connectivity index (χ0) is 22.5. The second-order valence-electron chi connectivity index (χ2n) is 9.16. The molecular formula is C23H28ClN3O4S. The summed E-state index contributed by atoms with van der Waals surface area (Å²) in [6, 6.07) is 10.2. The van der Waals surface area contributed by atoms with Crippen LogP contribution in [0.4, 0.5) is 4.79 Å². The monoisotopic (exact) mass is 477 g/mol. The molecule has 0 spiro atoms. The smallest absolute Gasteiger partial charge is 0.318 e. The van der Waals surface area contributed by atoms with Crippen LogP contribution in [0.1, 0.15) is 38.5 Å². The van der Waals surface area contributed by atoms with Gasteiger partial charge in [0.1, 0.15) is 0 Å². The van der Waals surface area contributed by atoms with Crippen LogP contribution in [0.3, 0.4) is 0 Å². The van der Waals surface area contributed by atoms with Gasteiger partial charge in [-0.15, -0.1) is 0 Å². The fourth-order valence-corrected chi connectivity index (χ4v) is 7.55. The highest BCUT2D eigenvalue weighted by molar-refractivity contribution is 7.89. The van der Waals surface area contributed by atoms with Crippen molar-refractivity contribution in [2.75, 3.05) is 13.1 Å². The van der Waals surface area contributed by atoms with Crippen LogP contribution < -0.4 is 5.32 Å². The summed E-state index contributed by atoms with van der Waals surface area (Å²) in [6.45, 7) is 0.670. The predicted molar refractivity (Wildman–Crippen MR) is 123 cm³/mol. The Hall–Kier alpha value is -1.87. The molecule has 3 heterocycles. The number of sulfonamides is 1. The first-order valence-electron chi connectivity index (χ1n) is 11.3. The van der Waals surface area contributed by atoms with E-state index in [-0.39, 0.29) is 41.7 Å². The quantitative estimate of drug-likeness (QED) is 0.709. The third-order valence-electron chi connectivity index (χ3n) is 7.10. The fourth-order valence-electron chi connectivity index (χ4n) is 5.61. The van der Waals surface area contributed by atoms with E-state index >= 15 is 0 Å². The number of nitrogens with zero attached hydrogens (tertiary/aromatic N) is 2. The molecule has 9 heteroatoms. The van der Waals surface area contributed by atoms with E-state index in [9.17, 15) is 18.3 Å².